The van der Waals surface area contributed by atoms with E-state index in [2.05, 4.69) is 45.0 Å². The molecule has 0 spiro atoms. The van der Waals surface area contributed by atoms with Crippen LogP contribution < -0.4 is 0 Å². The molecule has 0 bridgehead atoms. The Morgan fingerprint density at radius 1 is 1.31 bits per heavy atom. The average Bonchev–Trinajstić information content (AvgIpc) is 2.36. The molecule has 2 atom stereocenters. The van der Waals surface area contributed by atoms with Gasteiger partial charge in [-0.1, -0.05) is 51.1 Å². The third-order valence-corrected chi connectivity index (χ3v) is 3.87. The van der Waals surface area contributed by atoms with Crippen molar-refractivity contribution < 1.29 is 4.79 Å². The van der Waals surface area contributed by atoms with Gasteiger partial charge in [0.15, 0.2) is 0 Å². The first-order valence-corrected chi connectivity index (χ1v) is 6.12. The molecule has 1 aromatic carbocycles. The van der Waals surface area contributed by atoms with Crippen LogP contribution in [0, 0.1) is 11.3 Å². The van der Waals surface area contributed by atoms with Gasteiger partial charge >= 0.3 is 0 Å². The molecule has 0 aliphatic heterocycles. The summed E-state index contributed by atoms with van der Waals surface area (Å²) >= 11 is 0. The average molecular weight is 218 g/mol. The maximum atomic E-state index is 11.1. The monoisotopic (exact) mass is 218 g/mol. The molecule has 1 heteroatoms. The van der Waals surface area contributed by atoms with Crippen molar-refractivity contribution in [3.63, 3.8) is 0 Å². The lowest BCUT2D eigenvalue weighted by atomic mass is 9.75. The Labute approximate surface area is 98.9 Å². The van der Waals surface area contributed by atoms with Gasteiger partial charge in [0.1, 0.15) is 6.29 Å². The van der Waals surface area contributed by atoms with Crippen LogP contribution >= 0.6 is 0 Å². The summed E-state index contributed by atoms with van der Waals surface area (Å²) in [6.07, 6.45) is 4.19. The highest BCUT2D eigenvalue weighted by Crippen LogP contribution is 2.31. The maximum absolute atomic E-state index is 11.1. The van der Waals surface area contributed by atoms with Crippen molar-refractivity contribution in [2.75, 3.05) is 0 Å². The van der Waals surface area contributed by atoms with E-state index < -0.39 is 0 Å². The third kappa shape index (κ3) is 3.19. The maximum Gasteiger partial charge on any atom is 0.126 e. The summed E-state index contributed by atoms with van der Waals surface area (Å²) in [6.45, 7) is 6.34. The quantitative estimate of drug-likeness (QED) is 0.662. The van der Waals surface area contributed by atoms with Gasteiger partial charge in [0.2, 0.25) is 0 Å². The van der Waals surface area contributed by atoms with Gasteiger partial charge in [-0.25, -0.2) is 0 Å². The number of hydrogen-bond acceptors (Lipinski definition) is 1. The molecule has 0 amide bonds. The molecule has 0 heterocycles. The Balaban J connectivity index is 2.52. The molecule has 88 valence electrons. The molecule has 16 heavy (non-hydrogen) atoms. The fourth-order valence-corrected chi connectivity index (χ4v) is 1.91. The fraction of sp³-hybridized carbons (Fsp3) is 0.533. The molecule has 2 unspecified atom stereocenters. The summed E-state index contributed by atoms with van der Waals surface area (Å²) in [5, 5.41) is 0. The van der Waals surface area contributed by atoms with Gasteiger partial charge in [0.05, 0.1) is 0 Å². The Morgan fingerprint density at radius 3 is 2.44 bits per heavy atom. The second-order valence-electron chi connectivity index (χ2n) is 4.90. The minimum Gasteiger partial charge on any atom is -0.303 e. The number of aldehydes is 1. The lowest BCUT2D eigenvalue weighted by molar-refractivity contribution is -0.118. The van der Waals surface area contributed by atoms with E-state index in [9.17, 15) is 4.79 Å². The van der Waals surface area contributed by atoms with Crippen LogP contribution in [0.1, 0.15) is 39.2 Å². The topological polar surface area (TPSA) is 17.1 Å². The summed E-state index contributed by atoms with van der Waals surface area (Å²) < 4.78 is 0. The van der Waals surface area contributed by atoms with Crippen LogP contribution in [0.2, 0.25) is 0 Å². The second kappa shape index (κ2) is 5.83. The molecule has 0 aliphatic carbocycles. The molecule has 0 radical (unpaired) electrons. The molecule has 0 saturated carbocycles. The highest BCUT2D eigenvalue weighted by molar-refractivity contribution is 5.59. The number of carbonyl (C=O) groups excluding carboxylic acids is 1. The van der Waals surface area contributed by atoms with Crippen molar-refractivity contribution in [1.82, 2.24) is 0 Å². The van der Waals surface area contributed by atoms with Crippen LogP contribution in [0.25, 0.3) is 0 Å². The van der Waals surface area contributed by atoms with Gasteiger partial charge < -0.3 is 4.79 Å². The standard InChI is InChI=1S/C15H22O/c1-4-15(3,12-16)13(2)10-11-14-8-6-5-7-9-14/h5-9,12-13H,4,10-11H2,1-3H3. The van der Waals surface area contributed by atoms with Crippen molar-refractivity contribution in [2.24, 2.45) is 11.3 Å². The number of carbonyl (C=O) groups is 1. The predicted octanol–water partition coefficient (Wildman–Crippen LogP) is 3.87. The van der Waals surface area contributed by atoms with Gasteiger partial charge in [-0.2, -0.15) is 0 Å². The minimum absolute atomic E-state index is 0.158. The molecular formula is C15H22O. The van der Waals surface area contributed by atoms with E-state index in [-0.39, 0.29) is 5.41 Å². The zero-order valence-corrected chi connectivity index (χ0v) is 10.6. The predicted molar refractivity (Wildman–Crippen MR) is 68.4 cm³/mol. The van der Waals surface area contributed by atoms with E-state index in [0.29, 0.717) is 5.92 Å². The van der Waals surface area contributed by atoms with Crippen LogP contribution in [0.5, 0.6) is 0 Å². The normalized spacial score (nSPS) is 16.4. The van der Waals surface area contributed by atoms with Crippen LogP contribution in [-0.2, 0) is 11.2 Å². The highest BCUT2D eigenvalue weighted by atomic mass is 16.1. The Morgan fingerprint density at radius 2 is 1.94 bits per heavy atom. The van der Waals surface area contributed by atoms with Gasteiger partial charge in [-0.15, -0.1) is 0 Å². The fourth-order valence-electron chi connectivity index (χ4n) is 1.91. The summed E-state index contributed by atoms with van der Waals surface area (Å²) in [6, 6.07) is 10.5. The van der Waals surface area contributed by atoms with E-state index in [1.54, 1.807) is 0 Å². The number of benzene rings is 1. The first kappa shape index (κ1) is 13.0. The SMILES string of the molecule is CCC(C)(C=O)C(C)CCc1ccccc1. The highest BCUT2D eigenvalue weighted by Gasteiger charge is 2.28. The molecule has 1 nitrogen and oxygen atoms in total. The Hall–Kier alpha value is -1.11. The van der Waals surface area contributed by atoms with E-state index in [4.69, 9.17) is 0 Å². The second-order valence-corrected chi connectivity index (χ2v) is 4.90. The first-order valence-electron chi connectivity index (χ1n) is 6.12. The molecule has 0 aromatic heterocycles. The van der Waals surface area contributed by atoms with Crippen LogP contribution in [0.15, 0.2) is 30.3 Å². The zero-order chi connectivity index (χ0) is 12.0. The molecule has 0 saturated heterocycles. The molecule has 1 rings (SSSR count). The zero-order valence-electron chi connectivity index (χ0n) is 10.6. The summed E-state index contributed by atoms with van der Waals surface area (Å²) in [4.78, 5) is 11.1. The van der Waals surface area contributed by atoms with E-state index in [1.165, 1.54) is 5.56 Å². The lowest BCUT2D eigenvalue weighted by Crippen LogP contribution is -2.26. The smallest absolute Gasteiger partial charge is 0.126 e. The van der Waals surface area contributed by atoms with E-state index in [1.807, 2.05) is 6.07 Å². The molecule has 0 aliphatic rings. The number of hydrogen-bond donors (Lipinski definition) is 0. The largest absolute Gasteiger partial charge is 0.303 e. The van der Waals surface area contributed by atoms with E-state index in [0.717, 1.165) is 25.5 Å². The van der Waals surface area contributed by atoms with E-state index >= 15 is 0 Å². The molecular weight excluding hydrogens is 196 g/mol. The summed E-state index contributed by atoms with van der Waals surface area (Å²) in [5.74, 6) is 0.440. The van der Waals surface area contributed by atoms with Crippen molar-refractivity contribution in [3.05, 3.63) is 35.9 Å². The van der Waals surface area contributed by atoms with Crippen molar-refractivity contribution in [1.29, 1.82) is 0 Å². The third-order valence-electron chi connectivity index (χ3n) is 3.87. The van der Waals surface area contributed by atoms with Crippen LogP contribution in [-0.4, -0.2) is 6.29 Å². The summed E-state index contributed by atoms with van der Waals surface area (Å²) in [7, 11) is 0. The van der Waals surface area contributed by atoms with Crippen molar-refractivity contribution in [2.45, 2.75) is 40.0 Å². The van der Waals surface area contributed by atoms with Gasteiger partial charge in [-0.3, -0.25) is 0 Å². The van der Waals surface area contributed by atoms with Crippen molar-refractivity contribution >= 4 is 6.29 Å². The Kier molecular flexibility index (Phi) is 4.72. The van der Waals surface area contributed by atoms with Crippen molar-refractivity contribution in [3.8, 4) is 0 Å². The molecule has 0 fully saturated rings. The van der Waals surface area contributed by atoms with Gasteiger partial charge in [0.25, 0.3) is 0 Å². The lowest BCUT2D eigenvalue weighted by Gasteiger charge is -2.29. The Bertz CT molecular complexity index is 317. The summed E-state index contributed by atoms with van der Waals surface area (Å²) in [5.41, 5.74) is 1.20. The minimum atomic E-state index is -0.158. The van der Waals surface area contributed by atoms with Gasteiger partial charge in [-0.05, 0) is 30.7 Å². The van der Waals surface area contributed by atoms with Crippen LogP contribution in [0.3, 0.4) is 0 Å². The van der Waals surface area contributed by atoms with Crippen LogP contribution in [0.4, 0.5) is 0 Å². The molecule has 0 N–H and O–H groups in total. The van der Waals surface area contributed by atoms with Gasteiger partial charge in [0, 0.05) is 5.41 Å². The number of aryl methyl sites for hydroxylation is 1. The molecule has 1 aromatic rings. The number of rotatable bonds is 6. The first-order chi connectivity index (χ1) is 7.62.